The van der Waals surface area contributed by atoms with Gasteiger partial charge in [-0.3, -0.25) is 0 Å². The van der Waals surface area contributed by atoms with Crippen molar-refractivity contribution in [1.29, 1.82) is 0 Å². The third-order valence-electron chi connectivity index (χ3n) is 2.56. The van der Waals surface area contributed by atoms with Gasteiger partial charge in [0, 0.05) is 12.5 Å². The number of hydrogen-bond acceptors (Lipinski definition) is 3. The van der Waals surface area contributed by atoms with Gasteiger partial charge >= 0.3 is 5.97 Å². The van der Waals surface area contributed by atoms with Gasteiger partial charge in [-0.25, -0.2) is 9.18 Å². The Kier molecular flexibility index (Phi) is 2.37. The Morgan fingerprint density at radius 3 is 2.81 bits per heavy atom. The highest BCUT2D eigenvalue weighted by molar-refractivity contribution is 5.90. The number of halogens is 1. The van der Waals surface area contributed by atoms with E-state index in [1.54, 1.807) is 0 Å². The van der Waals surface area contributed by atoms with Gasteiger partial charge in [0.05, 0.1) is 12.7 Å². The first-order valence-electron chi connectivity index (χ1n) is 5.03. The lowest BCUT2D eigenvalue weighted by atomic mass is 10.00. The molecule has 0 radical (unpaired) electrons. The smallest absolute Gasteiger partial charge is 0.340 e. The Labute approximate surface area is 93.2 Å². The fourth-order valence-electron chi connectivity index (χ4n) is 1.89. The molecule has 0 unspecified atom stereocenters. The van der Waals surface area contributed by atoms with Gasteiger partial charge in [0.15, 0.2) is 0 Å². The van der Waals surface area contributed by atoms with Crippen LogP contribution in [0.3, 0.4) is 0 Å². The topological polar surface area (TPSA) is 35.5 Å². The van der Waals surface area contributed by atoms with Crippen LogP contribution in [0.5, 0.6) is 5.75 Å². The molecule has 1 heterocycles. The van der Waals surface area contributed by atoms with Crippen molar-refractivity contribution in [3.8, 4) is 5.75 Å². The molecule has 0 aliphatic carbocycles. The molecule has 1 aromatic carbocycles. The van der Waals surface area contributed by atoms with Gasteiger partial charge in [-0.15, -0.1) is 0 Å². The lowest BCUT2D eigenvalue weighted by Crippen LogP contribution is -2.24. The van der Waals surface area contributed by atoms with Crippen LogP contribution in [0.25, 0.3) is 0 Å². The molecule has 4 heteroatoms. The summed E-state index contributed by atoms with van der Waals surface area (Å²) < 4.78 is 23.6. The van der Waals surface area contributed by atoms with Gasteiger partial charge in [-0.2, -0.15) is 0 Å². The number of esters is 1. The van der Waals surface area contributed by atoms with Gasteiger partial charge in [-0.1, -0.05) is 0 Å². The van der Waals surface area contributed by atoms with Gasteiger partial charge in [0.2, 0.25) is 0 Å². The van der Waals surface area contributed by atoms with Crippen LogP contribution in [-0.4, -0.2) is 18.7 Å². The summed E-state index contributed by atoms with van der Waals surface area (Å²) in [6.07, 6.45) is 0.659. The molecule has 16 heavy (non-hydrogen) atoms. The number of rotatable bonds is 1. The normalized spacial score (nSPS) is 16.5. The first-order valence-corrected chi connectivity index (χ1v) is 5.03. The average molecular weight is 224 g/mol. The monoisotopic (exact) mass is 224 g/mol. The van der Waals surface area contributed by atoms with E-state index in [4.69, 9.17) is 4.74 Å². The van der Waals surface area contributed by atoms with Crippen molar-refractivity contribution in [3.63, 3.8) is 0 Å². The third-order valence-corrected chi connectivity index (χ3v) is 2.56. The summed E-state index contributed by atoms with van der Waals surface area (Å²) in [6.45, 7) is 3.84. The minimum absolute atomic E-state index is 0.0393. The van der Waals surface area contributed by atoms with E-state index in [1.807, 2.05) is 13.8 Å². The van der Waals surface area contributed by atoms with E-state index >= 15 is 0 Å². The maximum atomic E-state index is 13.6. The molecule has 0 saturated carbocycles. The SMILES string of the molecule is COC(=O)c1cc2c(cc1F)OC(C)(C)C2. The second-order valence-electron chi connectivity index (χ2n) is 4.47. The summed E-state index contributed by atoms with van der Waals surface area (Å²) in [5, 5.41) is 0. The van der Waals surface area contributed by atoms with Crippen molar-refractivity contribution in [2.75, 3.05) is 7.11 Å². The number of benzene rings is 1. The zero-order valence-electron chi connectivity index (χ0n) is 9.46. The number of hydrogen-bond donors (Lipinski definition) is 0. The second-order valence-corrected chi connectivity index (χ2v) is 4.47. The van der Waals surface area contributed by atoms with Gasteiger partial charge in [-0.05, 0) is 25.5 Å². The van der Waals surface area contributed by atoms with Crippen LogP contribution in [0, 0.1) is 5.82 Å². The molecular weight excluding hydrogens is 211 g/mol. The number of fused-ring (bicyclic) bond motifs is 1. The summed E-state index contributed by atoms with van der Waals surface area (Å²) in [4.78, 5) is 11.3. The second kappa shape index (κ2) is 3.47. The summed E-state index contributed by atoms with van der Waals surface area (Å²) in [5.74, 6) is -0.761. The molecule has 0 fully saturated rings. The lowest BCUT2D eigenvalue weighted by Gasteiger charge is -2.16. The Balaban J connectivity index is 2.45. The Bertz CT molecular complexity index is 452. The van der Waals surface area contributed by atoms with Gasteiger partial charge < -0.3 is 9.47 Å². The summed E-state index contributed by atoms with van der Waals surface area (Å²) in [5.41, 5.74) is 0.457. The Hall–Kier alpha value is -1.58. The molecule has 0 amide bonds. The van der Waals surface area contributed by atoms with Crippen LogP contribution in [0.4, 0.5) is 4.39 Å². The molecule has 2 rings (SSSR count). The first kappa shape index (κ1) is 10.9. The van der Waals surface area contributed by atoms with E-state index in [0.717, 1.165) is 5.56 Å². The predicted molar refractivity (Wildman–Crippen MR) is 56.2 cm³/mol. The van der Waals surface area contributed by atoms with E-state index in [0.29, 0.717) is 12.2 Å². The molecule has 86 valence electrons. The molecule has 1 aliphatic heterocycles. The molecule has 0 saturated heterocycles. The van der Waals surface area contributed by atoms with Gasteiger partial charge in [0.25, 0.3) is 0 Å². The van der Waals surface area contributed by atoms with Crippen molar-refractivity contribution in [1.82, 2.24) is 0 Å². The number of ether oxygens (including phenoxy) is 2. The molecular formula is C12H13FO3. The van der Waals surface area contributed by atoms with Crippen molar-refractivity contribution >= 4 is 5.97 Å². The number of carbonyl (C=O) groups excluding carboxylic acids is 1. The maximum Gasteiger partial charge on any atom is 0.340 e. The Morgan fingerprint density at radius 1 is 1.50 bits per heavy atom. The molecule has 0 N–H and O–H groups in total. The fraction of sp³-hybridized carbons (Fsp3) is 0.417. The van der Waals surface area contributed by atoms with Crippen LogP contribution < -0.4 is 4.74 Å². The molecule has 3 nitrogen and oxygen atoms in total. The highest BCUT2D eigenvalue weighted by atomic mass is 19.1. The lowest BCUT2D eigenvalue weighted by molar-refractivity contribution is 0.0595. The average Bonchev–Trinajstić information content (AvgIpc) is 2.48. The van der Waals surface area contributed by atoms with Crippen LogP contribution in [0.2, 0.25) is 0 Å². The quantitative estimate of drug-likeness (QED) is 0.687. The molecule has 1 aromatic rings. The predicted octanol–water partition coefficient (Wildman–Crippen LogP) is 2.33. The zero-order valence-corrected chi connectivity index (χ0v) is 9.46. The summed E-state index contributed by atoms with van der Waals surface area (Å²) in [6, 6.07) is 2.75. The van der Waals surface area contributed by atoms with E-state index in [1.165, 1.54) is 19.2 Å². The first-order chi connectivity index (χ1) is 7.43. The van der Waals surface area contributed by atoms with E-state index in [2.05, 4.69) is 4.74 Å². The Morgan fingerprint density at radius 2 is 2.19 bits per heavy atom. The fourth-order valence-corrected chi connectivity index (χ4v) is 1.89. The van der Waals surface area contributed by atoms with Crippen LogP contribution in [-0.2, 0) is 11.2 Å². The van der Waals surface area contributed by atoms with E-state index < -0.39 is 11.8 Å². The van der Waals surface area contributed by atoms with Crippen molar-refractivity contribution in [2.45, 2.75) is 25.9 Å². The molecule has 0 aromatic heterocycles. The third kappa shape index (κ3) is 1.75. The van der Waals surface area contributed by atoms with Crippen LogP contribution >= 0.6 is 0 Å². The minimum atomic E-state index is -0.662. The molecule has 0 spiro atoms. The number of carbonyl (C=O) groups is 1. The zero-order chi connectivity index (χ0) is 11.9. The van der Waals surface area contributed by atoms with Crippen molar-refractivity contribution < 1.29 is 18.7 Å². The summed E-state index contributed by atoms with van der Waals surface area (Å²) >= 11 is 0. The van der Waals surface area contributed by atoms with Crippen LogP contribution in [0.15, 0.2) is 12.1 Å². The molecule has 1 aliphatic rings. The highest BCUT2D eigenvalue weighted by Crippen LogP contribution is 2.36. The van der Waals surface area contributed by atoms with Crippen molar-refractivity contribution in [2.24, 2.45) is 0 Å². The molecule has 0 atom stereocenters. The van der Waals surface area contributed by atoms with E-state index in [9.17, 15) is 9.18 Å². The van der Waals surface area contributed by atoms with Gasteiger partial charge in [0.1, 0.15) is 17.2 Å². The summed E-state index contributed by atoms with van der Waals surface area (Å²) in [7, 11) is 1.23. The minimum Gasteiger partial charge on any atom is -0.487 e. The van der Waals surface area contributed by atoms with Crippen molar-refractivity contribution in [3.05, 3.63) is 29.1 Å². The maximum absolute atomic E-state index is 13.6. The standard InChI is InChI=1S/C12H13FO3/c1-12(2)6-7-4-8(11(14)15-3)9(13)5-10(7)16-12/h4-5H,6H2,1-3H3. The van der Waals surface area contributed by atoms with E-state index in [-0.39, 0.29) is 11.2 Å². The number of methoxy groups -OCH3 is 1. The van der Waals surface area contributed by atoms with Crippen LogP contribution in [0.1, 0.15) is 29.8 Å². The highest BCUT2D eigenvalue weighted by Gasteiger charge is 2.32. The molecule has 0 bridgehead atoms. The largest absolute Gasteiger partial charge is 0.487 e.